The van der Waals surface area contributed by atoms with E-state index in [0.29, 0.717) is 5.78 Å². The van der Waals surface area contributed by atoms with E-state index >= 15 is 0 Å². The molecule has 0 heterocycles. The molecular weight excluding hydrogens is 272 g/mol. The van der Waals surface area contributed by atoms with Crippen molar-refractivity contribution in [2.75, 3.05) is 0 Å². The fourth-order valence-corrected chi connectivity index (χ4v) is 5.57. The summed E-state index contributed by atoms with van der Waals surface area (Å²) < 4.78 is 0. The number of ketones is 1. The van der Waals surface area contributed by atoms with Gasteiger partial charge in [0.25, 0.3) is 0 Å². The number of aliphatic hydroxyl groups is 1. The van der Waals surface area contributed by atoms with E-state index in [9.17, 15) is 9.90 Å². The molecule has 3 aliphatic carbocycles. The number of hydrogen-bond acceptors (Lipinski definition) is 2. The van der Waals surface area contributed by atoms with Gasteiger partial charge in [0.15, 0.2) is 0 Å². The Morgan fingerprint density at radius 2 is 1.91 bits per heavy atom. The quantitative estimate of drug-likeness (QED) is 0.784. The first kappa shape index (κ1) is 16.0. The molecule has 2 nitrogen and oxygen atoms in total. The molecule has 0 saturated heterocycles. The summed E-state index contributed by atoms with van der Waals surface area (Å²) in [5.74, 6) is 0.651. The lowest BCUT2D eigenvalue weighted by atomic mass is 9.63. The summed E-state index contributed by atoms with van der Waals surface area (Å²) >= 11 is 0. The first-order valence-electron chi connectivity index (χ1n) is 8.78. The highest BCUT2D eigenvalue weighted by Gasteiger charge is 2.62. The molecule has 2 fully saturated rings. The Bertz CT molecular complexity index is 558. The summed E-state index contributed by atoms with van der Waals surface area (Å²) in [5, 5.41) is 11.3. The number of allylic oxidation sites excluding steroid dienone is 4. The molecule has 122 valence electrons. The van der Waals surface area contributed by atoms with Gasteiger partial charge in [-0.1, -0.05) is 51.5 Å². The van der Waals surface area contributed by atoms with E-state index in [1.54, 1.807) is 0 Å². The summed E-state index contributed by atoms with van der Waals surface area (Å²) in [6.45, 7) is 10.6. The van der Waals surface area contributed by atoms with Gasteiger partial charge in [-0.2, -0.15) is 0 Å². The largest absolute Gasteiger partial charge is 0.389 e. The van der Waals surface area contributed by atoms with Crippen LogP contribution in [0.4, 0.5) is 0 Å². The fraction of sp³-hybridized carbons (Fsp3) is 0.750. The maximum Gasteiger partial charge on any atom is 0.147 e. The van der Waals surface area contributed by atoms with E-state index in [2.05, 4.69) is 52.8 Å². The van der Waals surface area contributed by atoms with Gasteiger partial charge in [-0.3, -0.25) is 4.79 Å². The van der Waals surface area contributed by atoms with Crippen LogP contribution >= 0.6 is 0 Å². The Balaban J connectivity index is 2.08. The van der Waals surface area contributed by atoms with Crippen molar-refractivity contribution in [2.24, 2.45) is 28.6 Å². The molecule has 2 heteroatoms. The molecule has 0 aliphatic heterocycles. The van der Waals surface area contributed by atoms with Crippen LogP contribution in [0.3, 0.4) is 0 Å². The van der Waals surface area contributed by atoms with Crippen molar-refractivity contribution in [1.29, 1.82) is 0 Å². The first-order chi connectivity index (χ1) is 10.2. The average Bonchev–Trinajstić information content (AvgIpc) is 2.66. The normalized spacial score (nSPS) is 48.0. The van der Waals surface area contributed by atoms with Crippen molar-refractivity contribution in [1.82, 2.24) is 0 Å². The van der Waals surface area contributed by atoms with Gasteiger partial charge in [-0.15, -0.1) is 0 Å². The molecule has 0 bridgehead atoms. The van der Waals surface area contributed by atoms with E-state index in [1.807, 2.05) is 0 Å². The molecule has 2 saturated carbocycles. The minimum atomic E-state index is -0.685. The predicted molar refractivity (Wildman–Crippen MR) is 89.4 cm³/mol. The lowest BCUT2D eigenvalue weighted by Crippen LogP contribution is -2.46. The van der Waals surface area contributed by atoms with Crippen LogP contribution in [0.25, 0.3) is 0 Å². The number of carbonyl (C=O) groups is 1. The van der Waals surface area contributed by atoms with Gasteiger partial charge in [0.2, 0.25) is 0 Å². The maximum atomic E-state index is 13.5. The second kappa shape index (κ2) is 4.80. The molecular formula is C20H30O2. The molecule has 3 aliphatic rings. The van der Waals surface area contributed by atoms with E-state index < -0.39 is 5.60 Å². The second-order valence-corrected chi connectivity index (χ2v) is 8.73. The summed E-state index contributed by atoms with van der Waals surface area (Å²) in [6, 6.07) is 0. The van der Waals surface area contributed by atoms with Gasteiger partial charge in [0.1, 0.15) is 5.78 Å². The number of rotatable bonds is 1. The van der Waals surface area contributed by atoms with Crippen molar-refractivity contribution in [3.05, 3.63) is 23.8 Å². The van der Waals surface area contributed by atoms with Crippen LogP contribution in [0.15, 0.2) is 23.8 Å². The van der Waals surface area contributed by atoms with E-state index in [1.165, 1.54) is 5.57 Å². The molecule has 0 aromatic carbocycles. The molecule has 0 aromatic heterocycles. The van der Waals surface area contributed by atoms with E-state index in [4.69, 9.17) is 0 Å². The minimum Gasteiger partial charge on any atom is -0.389 e. The molecule has 0 amide bonds. The van der Waals surface area contributed by atoms with E-state index in [0.717, 1.165) is 25.7 Å². The molecule has 5 atom stereocenters. The van der Waals surface area contributed by atoms with Gasteiger partial charge in [0.05, 0.1) is 5.60 Å². The first-order valence-corrected chi connectivity index (χ1v) is 8.78. The minimum absolute atomic E-state index is 0.0120. The van der Waals surface area contributed by atoms with Crippen LogP contribution in [0.5, 0.6) is 0 Å². The lowest BCUT2D eigenvalue weighted by Gasteiger charge is -2.40. The molecule has 22 heavy (non-hydrogen) atoms. The topological polar surface area (TPSA) is 37.3 Å². The Morgan fingerprint density at radius 3 is 2.55 bits per heavy atom. The molecule has 3 rings (SSSR count). The number of fused-ring (bicyclic) bond motifs is 2. The van der Waals surface area contributed by atoms with E-state index in [-0.39, 0.29) is 28.6 Å². The van der Waals surface area contributed by atoms with Gasteiger partial charge in [-0.25, -0.2) is 0 Å². The molecule has 0 spiro atoms. The van der Waals surface area contributed by atoms with Crippen molar-refractivity contribution in [3.8, 4) is 0 Å². The van der Waals surface area contributed by atoms with Crippen molar-refractivity contribution >= 4 is 5.78 Å². The SMILES string of the molecule is CC1=CC=C[C@@]2(C)CCC3[C@@](O)(C(C)C)CC[C@@]3(C)C(=O)[C@@H]12. The third-order valence-electron chi connectivity index (χ3n) is 7.16. The zero-order valence-electron chi connectivity index (χ0n) is 14.6. The third kappa shape index (κ3) is 1.92. The third-order valence-corrected chi connectivity index (χ3v) is 7.16. The number of Topliss-reactive ketones (excluding diaryl/α,β-unsaturated/α-hetero) is 1. The van der Waals surface area contributed by atoms with Crippen LogP contribution in [-0.2, 0) is 4.79 Å². The lowest BCUT2D eigenvalue weighted by molar-refractivity contribution is -0.137. The summed E-state index contributed by atoms with van der Waals surface area (Å²) in [6.07, 6.45) is 9.95. The number of hydrogen-bond donors (Lipinski definition) is 1. The fourth-order valence-electron chi connectivity index (χ4n) is 5.57. The highest BCUT2D eigenvalue weighted by molar-refractivity contribution is 5.91. The summed E-state index contributed by atoms with van der Waals surface area (Å²) in [4.78, 5) is 13.5. The molecule has 0 aromatic rings. The van der Waals surface area contributed by atoms with Crippen LogP contribution < -0.4 is 0 Å². The Kier molecular flexibility index (Phi) is 3.49. The molecule has 1 unspecified atom stereocenters. The standard InChI is InChI=1S/C20H30O2/c1-13(2)20(22)12-11-19(5)15(20)8-10-18(4)9-6-7-14(3)16(18)17(19)21/h6-7,9,13,15-16,22H,8,10-12H2,1-5H3/t15?,16-,18+,19-,20+/m1/s1. The van der Waals surface area contributed by atoms with Gasteiger partial charge in [-0.05, 0) is 43.9 Å². The molecule has 1 N–H and O–H groups in total. The van der Waals surface area contributed by atoms with Gasteiger partial charge >= 0.3 is 0 Å². The van der Waals surface area contributed by atoms with Crippen LogP contribution in [0.2, 0.25) is 0 Å². The average molecular weight is 302 g/mol. The Hall–Kier alpha value is -0.890. The predicted octanol–water partition coefficient (Wildman–Crippen LogP) is 4.29. The summed E-state index contributed by atoms with van der Waals surface area (Å²) in [5.41, 5.74) is 0.0511. The monoisotopic (exact) mass is 302 g/mol. The van der Waals surface area contributed by atoms with Crippen LogP contribution in [-0.4, -0.2) is 16.5 Å². The van der Waals surface area contributed by atoms with Gasteiger partial charge < -0.3 is 5.11 Å². The molecule has 0 radical (unpaired) electrons. The number of carbonyl (C=O) groups excluding carboxylic acids is 1. The summed E-state index contributed by atoms with van der Waals surface area (Å²) in [7, 11) is 0. The Morgan fingerprint density at radius 1 is 1.23 bits per heavy atom. The van der Waals surface area contributed by atoms with Crippen molar-refractivity contribution < 1.29 is 9.90 Å². The highest BCUT2D eigenvalue weighted by Crippen LogP contribution is 2.61. The highest BCUT2D eigenvalue weighted by atomic mass is 16.3. The van der Waals surface area contributed by atoms with Crippen LogP contribution in [0.1, 0.15) is 60.3 Å². The van der Waals surface area contributed by atoms with Crippen LogP contribution in [0, 0.1) is 28.6 Å². The zero-order chi connectivity index (χ0) is 16.3. The van der Waals surface area contributed by atoms with Crippen molar-refractivity contribution in [3.63, 3.8) is 0 Å². The van der Waals surface area contributed by atoms with Crippen molar-refractivity contribution in [2.45, 2.75) is 65.9 Å². The smallest absolute Gasteiger partial charge is 0.147 e. The zero-order valence-corrected chi connectivity index (χ0v) is 14.6. The second-order valence-electron chi connectivity index (χ2n) is 8.73. The van der Waals surface area contributed by atoms with Gasteiger partial charge in [0, 0.05) is 17.3 Å². The Labute approximate surface area is 134 Å². The maximum absolute atomic E-state index is 13.5.